The summed E-state index contributed by atoms with van der Waals surface area (Å²) >= 11 is 0. The Morgan fingerprint density at radius 1 is 0.640 bits per heavy atom. The molecule has 0 bridgehead atoms. The number of esters is 2. The molecule has 50 heavy (non-hydrogen) atoms. The Hall–Kier alpha value is -4.86. The summed E-state index contributed by atoms with van der Waals surface area (Å²) in [4.78, 5) is 61.1. The lowest BCUT2D eigenvalue weighted by Crippen LogP contribution is -2.41. The second-order valence-electron chi connectivity index (χ2n) is 14.3. The van der Waals surface area contributed by atoms with Crippen LogP contribution in [0, 0.1) is 22.7 Å². The van der Waals surface area contributed by atoms with Crippen molar-refractivity contribution >= 4 is 46.3 Å². The van der Waals surface area contributed by atoms with Crippen LogP contribution in [0.2, 0.25) is 0 Å². The summed E-state index contributed by atoms with van der Waals surface area (Å²) < 4.78 is 9.91. The number of rotatable bonds is 11. The SMILES string of the molecule is CCCC(=O)C1=C(O)[C@@H](C(=O)OC)C(C)(C)CC1=Nc1ccc(-c2ccc(N=C3CC(C)(C)[C@H](C(=O)OC)C(O)=C3C(=O)CCC)cc2)cc1. The third kappa shape index (κ3) is 7.79. The van der Waals surface area contributed by atoms with Crippen molar-refractivity contribution in [3.63, 3.8) is 0 Å². The molecule has 0 heterocycles. The summed E-state index contributed by atoms with van der Waals surface area (Å²) in [6, 6.07) is 14.9. The molecule has 4 rings (SSSR count). The fourth-order valence-electron chi connectivity index (χ4n) is 6.94. The maximum absolute atomic E-state index is 13.1. The van der Waals surface area contributed by atoms with E-state index in [0.29, 0.717) is 48.5 Å². The lowest BCUT2D eigenvalue weighted by atomic mass is 9.67. The van der Waals surface area contributed by atoms with Gasteiger partial charge >= 0.3 is 11.9 Å². The van der Waals surface area contributed by atoms with Crippen LogP contribution in [0.25, 0.3) is 11.1 Å². The molecule has 266 valence electrons. The van der Waals surface area contributed by atoms with Crippen LogP contribution >= 0.6 is 0 Å². The molecule has 0 unspecified atom stereocenters. The monoisotopic (exact) mass is 684 g/mol. The highest BCUT2D eigenvalue weighted by atomic mass is 16.5. The molecule has 0 saturated heterocycles. The summed E-state index contributed by atoms with van der Waals surface area (Å²) in [6.07, 6.45) is 2.19. The normalized spacial score (nSPS) is 21.7. The van der Waals surface area contributed by atoms with Gasteiger partial charge in [0.15, 0.2) is 11.6 Å². The number of ketones is 2. The van der Waals surface area contributed by atoms with Crippen molar-refractivity contribution in [3.8, 4) is 11.1 Å². The minimum atomic E-state index is -0.968. The van der Waals surface area contributed by atoms with Crippen LogP contribution in [0.5, 0.6) is 0 Å². The molecule has 2 aromatic carbocycles. The first-order valence-corrected chi connectivity index (χ1v) is 17.0. The van der Waals surface area contributed by atoms with Gasteiger partial charge in [-0.15, -0.1) is 0 Å². The smallest absolute Gasteiger partial charge is 0.316 e. The van der Waals surface area contributed by atoms with E-state index < -0.39 is 34.6 Å². The standard InChI is InChI=1S/C40H48N2O8/c1-9-11-29(43)31-27(21-39(3,4)33(35(31)45)37(47)49-7)41-25-17-13-23(14-18-25)24-15-19-26(20-16-24)42-28-22-40(5,6)34(38(48)50-8)36(46)32(28)30(44)12-10-2/h13-20,33-34,45-46H,9-12,21-22H2,1-8H3/t33-,34-/m0/s1. The summed E-state index contributed by atoms with van der Waals surface area (Å²) in [5.41, 5.74) is 2.58. The largest absolute Gasteiger partial charge is 0.511 e. The van der Waals surface area contributed by atoms with Gasteiger partial charge in [0.25, 0.3) is 0 Å². The highest BCUT2D eigenvalue weighted by molar-refractivity contribution is 6.25. The summed E-state index contributed by atoms with van der Waals surface area (Å²) in [6.45, 7) is 11.1. The molecule has 10 nitrogen and oxygen atoms in total. The van der Waals surface area contributed by atoms with E-state index in [1.54, 1.807) is 0 Å². The molecule has 2 aliphatic rings. The molecule has 2 aromatic rings. The summed E-state index contributed by atoms with van der Waals surface area (Å²) in [5, 5.41) is 22.4. The molecule has 0 saturated carbocycles. The van der Waals surface area contributed by atoms with E-state index in [1.165, 1.54) is 14.2 Å². The Bertz CT molecular complexity index is 1640. The molecular formula is C40H48N2O8. The topological polar surface area (TPSA) is 152 Å². The average Bonchev–Trinajstić information content (AvgIpc) is 3.04. The zero-order valence-electron chi connectivity index (χ0n) is 30.3. The molecule has 0 spiro atoms. The molecule has 0 aromatic heterocycles. The van der Waals surface area contributed by atoms with Crippen molar-refractivity contribution in [1.29, 1.82) is 0 Å². The zero-order valence-corrected chi connectivity index (χ0v) is 30.3. The second-order valence-corrected chi connectivity index (χ2v) is 14.3. The van der Waals surface area contributed by atoms with E-state index in [4.69, 9.17) is 19.5 Å². The van der Waals surface area contributed by atoms with Gasteiger partial charge < -0.3 is 19.7 Å². The summed E-state index contributed by atoms with van der Waals surface area (Å²) in [7, 11) is 2.53. The highest BCUT2D eigenvalue weighted by Crippen LogP contribution is 2.45. The van der Waals surface area contributed by atoms with Crippen molar-refractivity contribution in [1.82, 2.24) is 0 Å². The van der Waals surface area contributed by atoms with Gasteiger partial charge in [-0.05, 0) is 71.9 Å². The van der Waals surface area contributed by atoms with E-state index in [1.807, 2.05) is 90.1 Å². The Labute approximate surface area is 294 Å². The Morgan fingerprint density at radius 2 is 0.960 bits per heavy atom. The molecule has 0 aliphatic heterocycles. The molecule has 2 aliphatic carbocycles. The Balaban J connectivity index is 1.65. The third-order valence-corrected chi connectivity index (χ3v) is 9.43. The number of methoxy groups -OCH3 is 2. The predicted molar refractivity (Wildman–Crippen MR) is 193 cm³/mol. The first-order valence-electron chi connectivity index (χ1n) is 17.0. The maximum Gasteiger partial charge on any atom is 0.316 e. The minimum Gasteiger partial charge on any atom is -0.511 e. The van der Waals surface area contributed by atoms with Gasteiger partial charge in [0.05, 0.1) is 48.2 Å². The number of hydrogen-bond donors (Lipinski definition) is 2. The molecule has 2 atom stereocenters. The third-order valence-electron chi connectivity index (χ3n) is 9.43. The van der Waals surface area contributed by atoms with Crippen LogP contribution in [0.1, 0.15) is 80.1 Å². The van der Waals surface area contributed by atoms with Crippen molar-refractivity contribution in [2.45, 2.75) is 80.1 Å². The molecular weight excluding hydrogens is 636 g/mol. The lowest BCUT2D eigenvalue weighted by Gasteiger charge is -2.37. The van der Waals surface area contributed by atoms with Crippen LogP contribution in [0.15, 0.2) is 81.2 Å². The van der Waals surface area contributed by atoms with Gasteiger partial charge in [0, 0.05) is 12.8 Å². The van der Waals surface area contributed by atoms with Gasteiger partial charge in [-0.25, -0.2) is 0 Å². The number of benzene rings is 2. The molecule has 2 N–H and O–H groups in total. The van der Waals surface area contributed by atoms with E-state index in [-0.39, 0.29) is 47.1 Å². The molecule has 10 heteroatoms. The maximum atomic E-state index is 13.1. The quantitative estimate of drug-likeness (QED) is 0.224. The summed E-state index contributed by atoms with van der Waals surface area (Å²) in [5.74, 6) is -4.23. The number of ether oxygens (including phenoxy) is 2. The fourth-order valence-corrected chi connectivity index (χ4v) is 6.94. The molecule has 0 radical (unpaired) electrons. The van der Waals surface area contributed by atoms with Gasteiger partial charge in [0.1, 0.15) is 23.4 Å². The number of aliphatic imine (C=N–C) groups is 2. The van der Waals surface area contributed by atoms with Gasteiger partial charge in [-0.3, -0.25) is 29.2 Å². The predicted octanol–water partition coefficient (Wildman–Crippen LogP) is 8.30. The Morgan fingerprint density at radius 3 is 1.24 bits per heavy atom. The first kappa shape index (κ1) is 38.0. The first-order chi connectivity index (χ1) is 23.6. The van der Waals surface area contributed by atoms with Gasteiger partial charge in [-0.2, -0.15) is 0 Å². The van der Waals surface area contributed by atoms with Crippen molar-refractivity contribution < 1.29 is 38.9 Å². The second kappa shape index (κ2) is 15.4. The van der Waals surface area contributed by atoms with E-state index in [2.05, 4.69) is 0 Å². The van der Waals surface area contributed by atoms with E-state index in [9.17, 15) is 29.4 Å². The number of carbonyl (C=O) groups is 4. The lowest BCUT2D eigenvalue weighted by molar-refractivity contribution is -0.150. The molecule has 0 fully saturated rings. The van der Waals surface area contributed by atoms with E-state index >= 15 is 0 Å². The number of hydrogen-bond acceptors (Lipinski definition) is 10. The van der Waals surface area contributed by atoms with Crippen LogP contribution in [0.4, 0.5) is 11.4 Å². The Kier molecular flexibility index (Phi) is 11.7. The fraction of sp³-hybridized carbons (Fsp3) is 0.450. The van der Waals surface area contributed by atoms with Gasteiger partial charge in [0.2, 0.25) is 0 Å². The number of aliphatic hydroxyl groups excluding tert-OH is 2. The van der Waals surface area contributed by atoms with Crippen LogP contribution < -0.4 is 0 Å². The number of aliphatic hydroxyl groups is 2. The zero-order chi connectivity index (χ0) is 37.0. The average molecular weight is 685 g/mol. The van der Waals surface area contributed by atoms with Crippen molar-refractivity contribution in [2.24, 2.45) is 32.7 Å². The number of nitrogens with zero attached hydrogens (tertiary/aromatic N) is 2. The van der Waals surface area contributed by atoms with Crippen molar-refractivity contribution in [3.05, 3.63) is 71.2 Å². The van der Waals surface area contributed by atoms with Crippen molar-refractivity contribution in [2.75, 3.05) is 14.2 Å². The van der Waals surface area contributed by atoms with Crippen LogP contribution in [-0.4, -0.2) is 59.4 Å². The minimum absolute atomic E-state index is 0.0905. The number of allylic oxidation sites excluding steroid dienone is 2. The number of carbonyl (C=O) groups excluding carboxylic acids is 4. The molecule has 0 amide bonds. The van der Waals surface area contributed by atoms with Crippen LogP contribution in [0.3, 0.4) is 0 Å². The van der Waals surface area contributed by atoms with Gasteiger partial charge in [-0.1, -0.05) is 65.8 Å². The van der Waals surface area contributed by atoms with Crippen LogP contribution in [-0.2, 0) is 28.7 Å². The highest BCUT2D eigenvalue weighted by Gasteiger charge is 2.48. The van der Waals surface area contributed by atoms with E-state index in [0.717, 1.165) is 11.1 Å². The number of Topliss-reactive ketones (excluding diaryl/α,β-unsaturated/α-hetero) is 2.